The number of halogens is 1. The molecule has 1 aromatic carbocycles. The molecule has 0 fully saturated rings. The Balaban J connectivity index is 2.31. The van der Waals surface area contributed by atoms with Gasteiger partial charge in [-0.3, -0.25) is 4.79 Å². The first-order chi connectivity index (χ1) is 11.7. The molecule has 0 saturated carbocycles. The van der Waals surface area contributed by atoms with Crippen LogP contribution in [0, 0.1) is 18.7 Å². The predicted octanol–water partition coefficient (Wildman–Crippen LogP) is 3.87. The van der Waals surface area contributed by atoms with Crippen molar-refractivity contribution in [1.29, 1.82) is 0 Å². The van der Waals surface area contributed by atoms with Crippen molar-refractivity contribution < 1.29 is 17.6 Å². The second-order valence-corrected chi connectivity index (χ2v) is 9.47. The molecule has 4 nitrogen and oxygen atoms in total. The molecule has 0 spiro atoms. The second-order valence-electron chi connectivity index (χ2n) is 6.36. The van der Waals surface area contributed by atoms with Crippen molar-refractivity contribution in [1.82, 2.24) is 5.32 Å². The zero-order valence-corrected chi connectivity index (χ0v) is 16.1. The lowest BCUT2D eigenvalue weighted by Gasteiger charge is -2.18. The van der Waals surface area contributed by atoms with E-state index < -0.39 is 20.9 Å². The van der Waals surface area contributed by atoms with Crippen molar-refractivity contribution >= 4 is 27.1 Å². The normalized spacial score (nSPS) is 13.0. The molecule has 1 aromatic heterocycles. The molecule has 2 rings (SSSR count). The summed E-state index contributed by atoms with van der Waals surface area (Å²) >= 11 is 1.32. The van der Waals surface area contributed by atoms with Crippen LogP contribution in [0.25, 0.3) is 0 Å². The number of hydrogen-bond donors (Lipinski definition) is 1. The van der Waals surface area contributed by atoms with Gasteiger partial charge in [-0.25, -0.2) is 12.8 Å². The van der Waals surface area contributed by atoms with Crippen molar-refractivity contribution in [2.75, 3.05) is 6.54 Å². The maximum atomic E-state index is 13.5. The number of hydrogen-bond acceptors (Lipinski definition) is 4. The van der Waals surface area contributed by atoms with Gasteiger partial charge in [0.25, 0.3) is 0 Å². The Labute approximate surface area is 152 Å². The Bertz CT molecular complexity index is 830. The van der Waals surface area contributed by atoms with E-state index in [0.29, 0.717) is 11.3 Å². The zero-order chi connectivity index (χ0) is 18.6. The molecule has 0 bridgehead atoms. The summed E-state index contributed by atoms with van der Waals surface area (Å²) in [6.45, 7) is 5.37. The Morgan fingerprint density at radius 1 is 1.28 bits per heavy atom. The van der Waals surface area contributed by atoms with Gasteiger partial charge in [0.15, 0.2) is 9.84 Å². The first kappa shape index (κ1) is 19.6. The Hall–Kier alpha value is -1.73. The molecule has 7 heteroatoms. The van der Waals surface area contributed by atoms with Crippen molar-refractivity contribution in [2.24, 2.45) is 5.92 Å². The molecule has 0 aliphatic heterocycles. The number of rotatable bonds is 7. The number of nitrogens with one attached hydrogen (secondary N) is 1. The zero-order valence-electron chi connectivity index (χ0n) is 14.5. The van der Waals surface area contributed by atoms with Gasteiger partial charge < -0.3 is 5.32 Å². The molecule has 0 saturated heterocycles. The van der Waals surface area contributed by atoms with Crippen LogP contribution in [0.2, 0.25) is 0 Å². The molecule has 1 unspecified atom stereocenters. The smallest absolute Gasteiger partial charge is 0.220 e. The van der Waals surface area contributed by atoms with E-state index in [1.165, 1.54) is 30.4 Å². The van der Waals surface area contributed by atoms with Gasteiger partial charge in [-0.2, -0.15) is 0 Å². The average Bonchev–Trinajstić information content (AvgIpc) is 3.03. The highest BCUT2D eigenvalue weighted by atomic mass is 32.2. The number of sulfone groups is 1. The summed E-state index contributed by atoms with van der Waals surface area (Å²) in [5.74, 6) is -0.435. The first-order valence-electron chi connectivity index (χ1n) is 8.02. The van der Waals surface area contributed by atoms with Crippen LogP contribution in [-0.2, 0) is 14.6 Å². The minimum absolute atomic E-state index is 0.00910. The Morgan fingerprint density at radius 3 is 2.56 bits per heavy atom. The van der Waals surface area contributed by atoms with Crippen LogP contribution in [0.1, 0.15) is 36.0 Å². The summed E-state index contributed by atoms with van der Waals surface area (Å²) in [5.41, 5.74) is 0.273. The third-order valence-electron chi connectivity index (χ3n) is 3.77. The summed E-state index contributed by atoms with van der Waals surface area (Å²) in [7, 11) is -3.76. The number of carbonyl (C=O) groups excluding carboxylic acids is 1. The predicted molar refractivity (Wildman–Crippen MR) is 97.8 cm³/mol. The topological polar surface area (TPSA) is 63.2 Å². The molecule has 1 heterocycles. The van der Waals surface area contributed by atoms with Gasteiger partial charge in [0, 0.05) is 17.8 Å². The third kappa shape index (κ3) is 4.89. The molecule has 25 heavy (non-hydrogen) atoms. The summed E-state index contributed by atoms with van der Waals surface area (Å²) in [6, 6.07) is 7.27. The van der Waals surface area contributed by atoms with E-state index in [1.807, 2.05) is 13.8 Å². The van der Waals surface area contributed by atoms with E-state index in [4.69, 9.17) is 0 Å². The lowest BCUT2D eigenvalue weighted by Crippen LogP contribution is -2.32. The number of amides is 1. The average molecular weight is 384 g/mol. The fourth-order valence-corrected chi connectivity index (χ4v) is 5.31. The van der Waals surface area contributed by atoms with E-state index in [2.05, 4.69) is 5.32 Å². The van der Waals surface area contributed by atoms with E-state index in [-0.39, 0.29) is 28.8 Å². The fraction of sp³-hybridized carbons (Fsp3) is 0.389. The van der Waals surface area contributed by atoms with E-state index in [0.717, 1.165) is 6.07 Å². The van der Waals surface area contributed by atoms with E-state index in [1.54, 1.807) is 17.5 Å². The third-order valence-corrected chi connectivity index (χ3v) is 6.99. The summed E-state index contributed by atoms with van der Waals surface area (Å²) in [5, 5.41) is 3.62. The van der Waals surface area contributed by atoms with Crippen LogP contribution < -0.4 is 5.32 Å². The molecule has 2 aromatic rings. The van der Waals surface area contributed by atoms with Gasteiger partial charge in [0.2, 0.25) is 5.91 Å². The Morgan fingerprint density at radius 2 is 2.00 bits per heavy atom. The van der Waals surface area contributed by atoms with Crippen LogP contribution in [0.5, 0.6) is 0 Å². The van der Waals surface area contributed by atoms with E-state index in [9.17, 15) is 17.6 Å². The van der Waals surface area contributed by atoms with Crippen LogP contribution >= 0.6 is 11.3 Å². The molecular weight excluding hydrogens is 361 g/mol. The fourth-order valence-electron chi connectivity index (χ4n) is 2.45. The monoisotopic (exact) mass is 383 g/mol. The van der Waals surface area contributed by atoms with Crippen LogP contribution in [0.4, 0.5) is 4.39 Å². The van der Waals surface area contributed by atoms with Crippen LogP contribution in [-0.4, -0.2) is 20.9 Å². The molecule has 136 valence electrons. The summed E-state index contributed by atoms with van der Waals surface area (Å²) < 4.78 is 39.6. The van der Waals surface area contributed by atoms with Crippen molar-refractivity contribution in [3.05, 3.63) is 52.0 Å². The number of aryl methyl sites for hydroxylation is 1. The summed E-state index contributed by atoms with van der Waals surface area (Å²) in [6.07, 6.45) is 0.340. The lowest BCUT2D eigenvalue weighted by molar-refractivity contribution is -0.121. The molecule has 0 aliphatic carbocycles. The highest BCUT2D eigenvalue weighted by molar-refractivity contribution is 7.91. The van der Waals surface area contributed by atoms with Gasteiger partial charge in [-0.15, -0.1) is 11.3 Å². The molecule has 1 atom stereocenters. The van der Waals surface area contributed by atoms with Gasteiger partial charge in [-0.05, 0) is 48.1 Å². The van der Waals surface area contributed by atoms with Crippen molar-refractivity contribution in [3.63, 3.8) is 0 Å². The first-order valence-corrected chi connectivity index (χ1v) is 10.4. The SMILES string of the molecule is Cc1cc(S(=O)(=O)C(CNC(=O)CC(C)C)c2cccs2)ccc1F. The minimum atomic E-state index is -3.76. The highest BCUT2D eigenvalue weighted by Crippen LogP contribution is 2.32. The second kappa shape index (κ2) is 8.10. The quantitative estimate of drug-likeness (QED) is 0.738. The standard InChI is InChI=1S/C18H22FNO3S2/c1-12(2)9-18(21)20-11-17(16-5-4-8-24-16)25(22,23)14-6-7-15(19)13(3)10-14/h4-8,10,12,17H,9,11H2,1-3H3,(H,20,21). The van der Waals surface area contributed by atoms with Gasteiger partial charge in [0.1, 0.15) is 11.1 Å². The number of carbonyl (C=O) groups is 1. The molecule has 0 radical (unpaired) electrons. The minimum Gasteiger partial charge on any atom is -0.354 e. The van der Waals surface area contributed by atoms with Crippen LogP contribution in [0.15, 0.2) is 40.6 Å². The Kier molecular flexibility index (Phi) is 6.35. The molecule has 0 aliphatic rings. The number of thiophene rings is 1. The van der Waals surface area contributed by atoms with Gasteiger partial charge in [-0.1, -0.05) is 19.9 Å². The molecule has 1 N–H and O–H groups in total. The van der Waals surface area contributed by atoms with Crippen LogP contribution in [0.3, 0.4) is 0 Å². The lowest BCUT2D eigenvalue weighted by atomic mass is 10.1. The van der Waals surface area contributed by atoms with Gasteiger partial charge in [0.05, 0.1) is 4.90 Å². The maximum absolute atomic E-state index is 13.5. The van der Waals surface area contributed by atoms with E-state index >= 15 is 0 Å². The number of benzene rings is 1. The maximum Gasteiger partial charge on any atom is 0.220 e. The van der Waals surface area contributed by atoms with Crippen molar-refractivity contribution in [2.45, 2.75) is 37.3 Å². The van der Waals surface area contributed by atoms with Gasteiger partial charge >= 0.3 is 0 Å². The van der Waals surface area contributed by atoms with Crippen molar-refractivity contribution in [3.8, 4) is 0 Å². The molecular formula is C18H22FNO3S2. The summed E-state index contributed by atoms with van der Waals surface area (Å²) in [4.78, 5) is 12.6. The largest absolute Gasteiger partial charge is 0.354 e. The molecule has 1 amide bonds. The highest BCUT2D eigenvalue weighted by Gasteiger charge is 2.30.